The molecule has 0 aliphatic rings. The fourth-order valence-corrected chi connectivity index (χ4v) is 1.95. The van der Waals surface area contributed by atoms with Crippen molar-refractivity contribution in [2.24, 2.45) is 0 Å². The lowest BCUT2D eigenvalue weighted by molar-refractivity contribution is 0.0828. The van der Waals surface area contributed by atoms with Crippen LogP contribution in [0.25, 0.3) is 0 Å². The largest absolute Gasteiger partial charge is 0.464 e. The molecule has 2 aromatic rings. The second kappa shape index (κ2) is 6.28. The van der Waals surface area contributed by atoms with Gasteiger partial charge in [0.1, 0.15) is 11.5 Å². The molecule has 1 N–H and O–H groups in total. The van der Waals surface area contributed by atoms with Gasteiger partial charge in [-0.25, -0.2) is 0 Å². The fraction of sp³-hybridized carbons (Fsp3) is 0.312. The SMILES string of the molecule is CCc1ccc(CNc2ccccc2C(=O)N(C)C)o1. The summed E-state index contributed by atoms with van der Waals surface area (Å²) in [5, 5.41) is 3.26. The maximum absolute atomic E-state index is 12.1. The van der Waals surface area contributed by atoms with E-state index in [4.69, 9.17) is 4.42 Å². The smallest absolute Gasteiger partial charge is 0.255 e. The number of hydrogen-bond donors (Lipinski definition) is 1. The van der Waals surface area contributed by atoms with Crippen molar-refractivity contribution in [2.75, 3.05) is 19.4 Å². The van der Waals surface area contributed by atoms with E-state index >= 15 is 0 Å². The average molecular weight is 272 g/mol. The highest BCUT2D eigenvalue weighted by Gasteiger charge is 2.12. The maximum atomic E-state index is 12.1. The van der Waals surface area contributed by atoms with Crippen molar-refractivity contribution in [2.45, 2.75) is 19.9 Å². The van der Waals surface area contributed by atoms with Crippen LogP contribution in [0.5, 0.6) is 0 Å². The van der Waals surface area contributed by atoms with Crippen molar-refractivity contribution in [1.29, 1.82) is 0 Å². The highest BCUT2D eigenvalue weighted by Crippen LogP contribution is 2.18. The van der Waals surface area contributed by atoms with E-state index in [9.17, 15) is 4.79 Å². The molecule has 0 aliphatic heterocycles. The molecule has 106 valence electrons. The number of benzene rings is 1. The molecule has 1 amide bonds. The van der Waals surface area contributed by atoms with Crippen molar-refractivity contribution < 1.29 is 9.21 Å². The highest BCUT2D eigenvalue weighted by molar-refractivity contribution is 5.99. The zero-order chi connectivity index (χ0) is 14.5. The van der Waals surface area contributed by atoms with Crippen LogP contribution in [0.1, 0.15) is 28.8 Å². The van der Waals surface area contributed by atoms with Gasteiger partial charge in [-0.2, -0.15) is 0 Å². The number of nitrogens with one attached hydrogen (secondary N) is 1. The Hall–Kier alpha value is -2.23. The molecule has 0 saturated heterocycles. The number of furan rings is 1. The molecule has 0 radical (unpaired) electrons. The van der Waals surface area contributed by atoms with Crippen LogP contribution in [0.15, 0.2) is 40.8 Å². The lowest BCUT2D eigenvalue weighted by Crippen LogP contribution is -2.22. The summed E-state index contributed by atoms with van der Waals surface area (Å²) in [4.78, 5) is 13.7. The summed E-state index contributed by atoms with van der Waals surface area (Å²) < 4.78 is 5.64. The highest BCUT2D eigenvalue weighted by atomic mass is 16.3. The van der Waals surface area contributed by atoms with E-state index in [0.717, 1.165) is 23.6 Å². The van der Waals surface area contributed by atoms with Crippen LogP contribution in [0.2, 0.25) is 0 Å². The van der Waals surface area contributed by atoms with Gasteiger partial charge in [-0.05, 0) is 24.3 Å². The number of anilines is 1. The molecule has 2 rings (SSSR count). The second-order valence-electron chi connectivity index (χ2n) is 4.82. The molecule has 4 heteroatoms. The lowest BCUT2D eigenvalue weighted by Gasteiger charge is -2.14. The van der Waals surface area contributed by atoms with Gasteiger partial charge in [0.05, 0.1) is 12.1 Å². The summed E-state index contributed by atoms with van der Waals surface area (Å²) >= 11 is 0. The lowest BCUT2D eigenvalue weighted by atomic mass is 10.1. The Balaban J connectivity index is 2.11. The van der Waals surface area contributed by atoms with E-state index in [1.807, 2.05) is 36.4 Å². The van der Waals surface area contributed by atoms with E-state index in [0.29, 0.717) is 12.1 Å². The Morgan fingerprint density at radius 3 is 2.50 bits per heavy atom. The summed E-state index contributed by atoms with van der Waals surface area (Å²) in [6, 6.07) is 11.4. The van der Waals surface area contributed by atoms with Gasteiger partial charge in [-0.1, -0.05) is 19.1 Å². The number of rotatable bonds is 5. The molecular formula is C16H20N2O2. The van der Waals surface area contributed by atoms with Crippen LogP contribution in [-0.4, -0.2) is 24.9 Å². The summed E-state index contributed by atoms with van der Waals surface area (Å²) in [5.74, 6) is 1.83. The Morgan fingerprint density at radius 2 is 1.85 bits per heavy atom. The molecule has 0 bridgehead atoms. The third-order valence-corrected chi connectivity index (χ3v) is 3.08. The van der Waals surface area contributed by atoms with E-state index < -0.39 is 0 Å². The summed E-state index contributed by atoms with van der Waals surface area (Å²) in [6.07, 6.45) is 0.885. The zero-order valence-electron chi connectivity index (χ0n) is 12.1. The van der Waals surface area contributed by atoms with Crippen molar-refractivity contribution in [1.82, 2.24) is 4.90 Å². The Labute approximate surface area is 119 Å². The van der Waals surface area contributed by atoms with Gasteiger partial charge in [-0.15, -0.1) is 0 Å². The maximum Gasteiger partial charge on any atom is 0.255 e. The molecule has 4 nitrogen and oxygen atoms in total. The molecule has 1 aromatic carbocycles. The first kappa shape index (κ1) is 14.2. The topological polar surface area (TPSA) is 45.5 Å². The van der Waals surface area contributed by atoms with Gasteiger partial charge in [-0.3, -0.25) is 4.79 Å². The average Bonchev–Trinajstić information content (AvgIpc) is 2.92. The molecule has 0 atom stereocenters. The van der Waals surface area contributed by atoms with Crippen LogP contribution in [0.4, 0.5) is 5.69 Å². The summed E-state index contributed by atoms with van der Waals surface area (Å²) in [7, 11) is 3.50. The van der Waals surface area contributed by atoms with Crippen LogP contribution in [0, 0.1) is 0 Å². The van der Waals surface area contributed by atoms with Crippen LogP contribution >= 0.6 is 0 Å². The summed E-state index contributed by atoms with van der Waals surface area (Å²) in [6.45, 7) is 2.62. The van der Waals surface area contributed by atoms with Gasteiger partial charge in [0.15, 0.2) is 0 Å². The predicted molar refractivity (Wildman–Crippen MR) is 79.9 cm³/mol. The van der Waals surface area contributed by atoms with Gasteiger partial charge in [0.25, 0.3) is 5.91 Å². The zero-order valence-corrected chi connectivity index (χ0v) is 12.1. The summed E-state index contributed by atoms with van der Waals surface area (Å²) in [5.41, 5.74) is 1.49. The molecule has 1 heterocycles. The van der Waals surface area contributed by atoms with Crippen molar-refractivity contribution in [3.8, 4) is 0 Å². The van der Waals surface area contributed by atoms with Gasteiger partial charge in [0.2, 0.25) is 0 Å². The van der Waals surface area contributed by atoms with E-state index in [-0.39, 0.29) is 5.91 Å². The first-order chi connectivity index (χ1) is 9.61. The molecule has 1 aromatic heterocycles. The Morgan fingerprint density at radius 1 is 1.15 bits per heavy atom. The Kier molecular flexibility index (Phi) is 4.45. The molecule has 0 fully saturated rings. The first-order valence-electron chi connectivity index (χ1n) is 6.74. The molecular weight excluding hydrogens is 252 g/mol. The quantitative estimate of drug-likeness (QED) is 0.909. The molecule has 20 heavy (non-hydrogen) atoms. The third kappa shape index (κ3) is 3.20. The number of carbonyl (C=O) groups is 1. The molecule has 0 aliphatic carbocycles. The number of carbonyl (C=O) groups excluding carboxylic acids is 1. The van der Waals surface area contributed by atoms with Crippen LogP contribution in [-0.2, 0) is 13.0 Å². The number of hydrogen-bond acceptors (Lipinski definition) is 3. The Bertz CT molecular complexity index is 588. The molecule has 0 saturated carbocycles. The van der Waals surface area contributed by atoms with Crippen molar-refractivity contribution in [3.63, 3.8) is 0 Å². The number of amides is 1. The minimum absolute atomic E-state index is 0.0122. The number of nitrogens with zero attached hydrogens (tertiary/aromatic N) is 1. The van der Waals surface area contributed by atoms with Crippen molar-refractivity contribution >= 4 is 11.6 Å². The number of para-hydroxylation sites is 1. The van der Waals surface area contributed by atoms with Gasteiger partial charge < -0.3 is 14.6 Å². The first-order valence-corrected chi connectivity index (χ1v) is 6.74. The third-order valence-electron chi connectivity index (χ3n) is 3.08. The standard InChI is InChI=1S/C16H20N2O2/c1-4-12-9-10-13(20-12)11-17-15-8-6-5-7-14(15)16(19)18(2)3/h5-10,17H,4,11H2,1-3H3. The van der Waals surface area contributed by atoms with E-state index in [2.05, 4.69) is 12.2 Å². The van der Waals surface area contributed by atoms with Crippen LogP contribution < -0.4 is 5.32 Å². The van der Waals surface area contributed by atoms with Crippen molar-refractivity contribution in [3.05, 3.63) is 53.5 Å². The van der Waals surface area contributed by atoms with Gasteiger partial charge in [0, 0.05) is 26.2 Å². The van der Waals surface area contributed by atoms with Crippen LogP contribution in [0.3, 0.4) is 0 Å². The normalized spacial score (nSPS) is 10.3. The molecule has 0 unspecified atom stereocenters. The minimum Gasteiger partial charge on any atom is -0.464 e. The molecule has 0 spiro atoms. The predicted octanol–water partition coefficient (Wildman–Crippen LogP) is 3.16. The fourth-order valence-electron chi connectivity index (χ4n) is 1.95. The number of aryl methyl sites for hydroxylation is 1. The van der Waals surface area contributed by atoms with E-state index in [1.54, 1.807) is 19.0 Å². The minimum atomic E-state index is -0.0122. The van der Waals surface area contributed by atoms with E-state index in [1.165, 1.54) is 0 Å². The van der Waals surface area contributed by atoms with Gasteiger partial charge >= 0.3 is 0 Å². The second-order valence-corrected chi connectivity index (χ2v) is 4.82. The monoisotopic (exact) mass is 272 g/mol.